The van der Waals surface area contributed by atoms with Crippen LogP contribution in [0.1, 0.15) is 0 Å². The molecule has 22 heteroatoms. The highest BCUT2D eigenvalue weighted by molar-refractivity contribution is 4.98. The van der Waals surface area contributed by atoms with Crippen LogP contribution in [0.25, 0.3) is 0 Å². The molecule has 0 amide bonds. The summed E-state index contributed by atoms with van der Waals surface area (Å²) in [6, 6.07) is 0. The van der Waals surface area contributed by atoms with Crippen LogP contribution in [-0.2, 0) is 33.2 Å². The molecule has 46 heavy (non-hydrogen) atoms. The van der Waals surface area contributed by atoms with Gasteiger partial charge in [0.15, 0.2) is 12.6 Å². The van der Waals surface area contributed by atoms with Crippen LogP contribution in [0.3, 0.4) is 0 Å². The van der Waals surface area contributed by atoms with Gasteiger partial charge in [0.05, 0.1) is 26.4 Å². The Morgan fingerprint density at radius 1 is 0.609 bits per heavy atom. The van der Waals surface area contributed by atoms with Crippen molar-refractivity contribution in [3.8, 4) is 0 Å². The molecule has 0 aromatic heterocycles. The van der Waals surface area contributed by atoms with E-state index in [0.29, 0.717) is 0 Å². The quantitative estimate of drug-likeness (QED) is 0.0951. The smallest absolute Gasteiger partial charge is 0.247 e. The van der Waals surface area contributed by atoms with Gasteiger partial charge in [-0.15, -0.1) is 0 Å². The molecule has 1 unspecified atom stereocenters. The van der Waals surface area contributed by atoms with Crippen LogP contribution in [0, 0.1) is 0 Å². The number of aliphatic hydroxyl groups is 15. The summed E-state index contributed by atoms with van der Waals surface area (Å²) in [6.45, 7) is -4.50. The van der Waals surface area contributed by atoms with E-state index in [1.54, 1.807) is 0 Å². The van der Waals surface area contributed by atoms with Gasteiger partial charge in [-0.1, -0.05) is 0 Å². The van der Waals surface area contributed by atoms with Crippen molar-refractivity contribution < 1.29 is 110 Å². The van der Waals surface area contributed by atoms with Gasteiger partial charge in [0.1, 0.15) is 92.1 Å². The monoisotopic (exact) mass is 682 g/mol. The van der Waals surface area contributed by atoms with E-state index in [4.69, 9.17) is 33.2 Å². The fourth-order valence-corrected chi connectivity index (χ4v) is 5.38. The predicted octanol–water partition coefficient (Wildman–Crippen LogP) is -10.4. The summed E-state index contributed by atoms with van der Waals surface area (Å²) in [7, 11) is 0. The number of hydrogen-bond acceptors (Lipinski definition) is 22. The van der Waals surface area contributed by atoms with Gasteiger partial charge >= 0.3 is 0 Å². The van der Waals surface area contributed by atoms with Crippen LogP contribution in [0.2, 0.25) is 0 Å². The third kappa shape index (κ3) is 7.19. The molecule has 15 N–H and O–H groups in total. The van der Waals surface area contributed by atoms with Gasteiger partial charge < -0.3 is 110 Å². The van der Waals surface area contributed by atoms with E-state index in [9.17, 15) is 76.6 Å². The molecule has 4 aliphatic heterocycles. The maximum Gasteiger partial charge on any atom is 0.247 e. The van der Waals surface area contributed by atoms with Crippen molar-refractivity contribution in [1.29, 1.82) is 0 Å². The largest absolute Gasteiger partial charge is 0.394 e. The van der Waals surface area contributed by atoms with Crippen LogP contribution in [0.4, 0.5) is 0 Å². The summed E-state index contributed by atoms with van der Waals surface area (Å²) in [5.41, 5.74) is 0. The molecule has 0 aromatic carbocycles. The van der Waals surface area contributed by atoms with Crippen LogP contribution in [0.15, 0.2) is 0 Å². The van der Waals surface area contributed by atoms with E-state index in [1.165, 1.54) is 0 Å². The number of aliphatic hydroxyl groups excluding tert-OH is 13. The molecule has 0 aromatic rings. The van der Waals surface area contributed by atoms with E-state index in [1.807, 2.05) is 0 Å². The molecule has 4 rings (SSSR count). The van der Waals surface area contributed by atoms with Crippen LogP contribution in [0.5, 0.6) is 0 Å². The maximum atomic E-state index is 11.0. The zero-order chi connectivity index (χ0) is 34.3. The zero-order valence-electron chi connectivity index (χ0n) is 23.9. The first-order valence-electron chi connectivity index (χ1n) is 14.2. The Morgan fingerprint density at radius 2 is 1.04 bits per heavy atom. The minimum Gasteiger partial charge on any atom is -0.394 e. The molecular weight excluding hydrogens is 640 g/mol. The molecular formula is C24H42O22. The molecule has 0 aliphatic carbocycles. The number of hydrogen-bond donors (Lipinski definition) is 15. The topological polar surface area (TPSA) is 368 Å². The van der Waals surface area contributed by atoms with Crippen molar-refractivity contribution in [2.24, 2.45) is 0 Å². The average Bonchev–Trinajstić information content (AvgIpc) is 3.03. The highest BCUT2D eigenvalue weighted by atomic mass is 16.8. The summed E-state index contributed by atoms with van der Waals surface area (Å²) in [5, 5.41) is 154. The molecule has 0 bridgehead atoms. The molecule has 4 fully saturated rings. The third-order valence-corrected chi connectivity index (χ3v) is 8.34. The molecule has 4 heterocycles. The van der Waals surface area contributed by atoms with Gasteiger partial charge in [0.25, 0.3) is 0 Å². The zero-order valence-corrected chi connectivity index (χ0v) is 23.9. The summed E-state index contributed by atoms with van der Waals surface area (Å²) in [5.74, 6) is -6.00. The van der Waals surface area contributed by atoms with Gasteiger partial charge in [-0.3, -0.25) is 0 Å². The molecule has 22 nitrogen and oxygen atoms in total. The highest BCUT2D eigenvalue weighted by Crippen LogP contribution is 2.35. The first-order valence-corrected chi connectivity index (χ1v) is 14.2. The SMILES string of the molecule is OC[C@H]1O[C@@H](O[C@@H]2[C@H](O)CO[C@@](O)(C(O)OC[C@]3(O)OC[C@@H](O)[C@@H](O[C@@H]4O[C@H](CO)[C@@H](O)[C@H](O)[C@H]4O)[C@@H]3O)[C@H]2O)[C@H](O)[C@@H](O)[C@H]1O. The lowest BCUT2D eigenvalue weighted by atomic mass is 9.94. The van der Waals surface area contributed by atoms with Gasteiger partial charge in [-0.25, -0.2) is 0 Å². The summed E-state index contributed by atoms with van der Waals surface area (Å²) in [6.07, 6.45) is -32.3. The van der Waals surface area contributed by atoms with Crippen molar-refractivity contribution in [3.05, 3.63) is 0 Å². The van der Waals surface area contributed by atoms with Gasteiger partial charge in [-0.05, 0) is 0 Å². The van der Waals surface area contributed by atoms with E-state index < -0.39 is 149 Å². The summed E-state index contributed by atoms with van der Waals surface area (Å²) >= 11 is 0. The summed E-state index contributed by atoms with van der Waals surface area (Å²) < 4.78 is 36.1. The molecule has 270 valence electrons. The number of ether oxygens (including phenoxy) is 7. The van der Waals surface area contributed by atoms with Crippen LogP contribution in [-0.4, -0.2) is 226 Å². The highest BCUT2D eigenvalue weighted by Gasteiger charge is 2.59. The lowest BCUT2D eigenvalue weighted by Crippen LogP contribution is -2.70. The predicted molar refractivity (Wildman–Crippen MR) is 135 cm³/mol. The Balaban J connectivity index is 1.41. The van der Waals surface area contributed by atoms with E-state index in [-0.39, 0.29) is 0 Å². The van der Waals surface area contributed by atoms with E-state index >= 15 is 0 Å². The Labute approximate surface area is 259 Å². The lowest BCUT2D eigenvalue weighted by Gasteiger charge is -2.48. The first-order chi connectivity index (χ1) is 21.5. The van der Waals surface area contributed by atoms with Crippen LogP contribution >= 0.6 is 0 Å². The molecule has 4 saturated heterocycles. The standard InChI is InChI=1S/C24H42O22/c25-1-8-10(29)12(31)14(33)20(43-8)45-16-6(27)3-41-23(38,18(16)35)5-40-22(37)24(39)19(36)17(7(28)4-42-24)46-21-15(34)13(32)11(30)9(2-26)44-21/h6-22,25-39H,1-5H2/t6-,7-,8-,9-,10-,11+,12+,13+,14-,15-,16-,17-,18+,19+,20+,21+,22?,23+,24-/m1/s1. The van der Waals surface area contributed by atoms with E-state index in [0.717, 1.165) is 0 Å². The van der Waals surface area contributed by atoms with Crippen molar-refractivity contribution in [1.82, 2.24) is 0 Å². The Hall–Kier alpha value is -0.880. The molecule has 19 atom stereocenters. The Morgan fingerprint density at radius 3 is 1.50 bits per heavy atom. The molecule has 0 spiro atoms. The minimum atomic E-state index is -3.15. The molecule has 0 saturated carbocycles. The first kappa shape index (κ1) is 37.9. The average molecular weight is 683 g/mol. The Kier molecular flexibility index (Phi) is 12.3. The van der Waals surface area contributed by atoms with Gasteiger partial charge in [0.2, 0.25) is 17.9 Å². The lowest BCUT2D eigenvalue weighted by molar-refractivity contribution is -0.422. The normalized spacial score (nSPS) is 52.8. The maximum absolute atomic E-state index is 11.0. The Bertz CT molecular complexity index is 976. The van der Waals surface area contributed by atoms with Crippen molar-refractivity contribution >= 4 is 0 Å². The van der Waals surface area contributed by atoms with E-state index in [2.05, 4.69) is 0 Å². The third-order valence-electron chi connectivity index (χ3n) is 8.34. The molecule has 0 radical (unpaired) electrons. The van der Waals surface area contributed by atoms with Crippen LogP contribution < -0.4 is 0 Å². The molecule has 4 aliphatic rings. The van der Waals surface area contributed by atoms with Gasteiger partial charge in [-0.2, -0.15) is 0 Å². The van der Waals surface area contributed by atoms with Crippen molar-refractivity contribution in [3.63, 3.8) is 0 Å². The van der Waals surface area contributed by atoms with Crippen molar-refractivity contribution in [2.75, 3.05) is 33.0 Å². The fraction of sp³-hybridized carbons (Fsp3) is 1.00. The van der Waals surface area contributed by atoms with Gasteiger partial charge in [0, 0.05) is 0 Å². The number of rotatable bonds is 10. The second kappa shape index (κ2) is 14.9. The minimum absolute atomic E-state index is 0.764. The second-order valence-corrected chi connectivity index (χ2v) is 11.5. The summed E-state index contributed by atoms with van der Waals surface area (Å²) in [4.78, 5) is 0. The second-order valence-electron chi connectivity index (χ2n) is 11.5. The van der Waals surface area contributed by atoms with Crippen molar-refractivity contribution in [2.45, 2.75) is 116 Å². The fourth-order valence-electron chi connectivity index (χ4n) is 5.38.